The molecule has 2 N–H and O–H groups in total. The number of methoxy groups -OCH3 is 1. The highest BCUT2D eigenvalue weighted by molar-refractivity contribution is 6.30. The number of nitrogens with one attached hydrogen (secondary N) is 2. The highest BCUT2D eigenvalue weighted by atomic mass is 35.5. The molecule has 1 aliphatic heterocycles. The van der Waals surface area contributed by atoms with Gasteiger partial charge in [-0.3, -0.25) is 4.99 Å². The first-order chi connectivity index (χ1) is 12.7. The van der Waals surface area contributed by atoms with Crippen molar-refractivity contribution < 1.29 is 4.74 Å². The van der Waals surface area contributed by atoms with Gasteiger partial charge in [0.1, 0.15) is 0 Å². The van der Waals surface area contributed by atoms with Gasteiger partial charge in [-0.2, -0.15) is 0 Å². The molecule has 1 aromatic heterocycles. The number of benzene rings is 1. The predicted molar refractivity (Wildman–Crippen MR) is 106 cm³/mol. The van der Waals surface area contributed by atoms with Gasteiger partial charge in [-0.15, -0.1) is 0 Å². The molecule has 1 saturated heterocycles. The van der Waals surface area contributed by atoms with Crippen molar-refractivity contribution in [3.8, 4) is 5.88 Å². The van der Waals surface area contributed by atoms with Crippen molar-refractivity contribution in [2.24, 2.45) is 4.99 Å². The minimum atomic E-state index is 0.332. The summed E-state index contributed by atoms with van der Waals surface area (Å²) < 4.78 is 5.16. The minimum absolute atomic E-state index is 0.332. The number of halogens is 1. The van der Waals surface area contributed by atoms with E-state index >= 15 is 0 Å². The second-order valence-corrected chi connectivity index (χ2v) is 6.59. The second kappa shape index (κ2) is 8.76. The molecule has 138 valence electrons. The fourth-order valence-electron chi connectivity index (χ4n) is 3.02. The van der Waals surface area contributed by atoms with E-state index in [0.717, 1.165) is 41.9 Å². The molecular formula is C19H24ClN5O. The van der Waals surface area contributed by atoms with Crippen LogP contribution in [0.25, 0.3) is 0 Å². The smallest absolute Gasteiger partial charge is 0.213 e. The molecule has 2 aromatic rings. The van der Waals surface area contributed by atoms with Gasteiger partial charge < -0.3 is 20.3 Å². The first-order valence-corrected chi connectivity index (χ1v) is 9.03. The maximum atomic E-state index is 6.10. The van der Waals surface area contributed by atoms with E-state index in [1.165, 1.54) is 0 Å². The zero-order valence-electron chi connectivity index (χ0n) is 15.1. The molecule has 0 bridgehead atoms. The van der Waals surface area contributed by atoms with Crippen LogP contribution in [0.2, 0.25) is 5.02 Å². The first kappa shape index (κ1) is 18.3. The normalized spacial score (nSPS) is 17.3. The van der Waals surface area contributed by atoms with Crippen molar-refractivity contribution in [2.45, 2.75) is 19.0 Å². The Kier molecular flexibility index (Phi) is 6.17. The van der Waals surface area contributed by atoms with Crippen LogP contribution in [-0.4, -0.2) is 44.2 Å². The minimum Gasteiger partial charge on any atom is -0.481 e. The van der Waals surface area contributed by atoms with Crippen LogP contribution >= 0.6 is 11.6 Å². The molecule has 6 nitrogen and oxygen atoms in total. The molecule has 0 saturated carbocycles. The molecule has 3 rings (SSSR count). The van der Waals surface area contributed by atoms with Crippen molar-refractivity contribution in [2.75, 3.05) is 32.1 Å². The zero-order chi connectivity index (χ0) is 18.4. The van der Waals surface area contributed by atoms with Crippen molar-refractivity contribution in [1.82, 2.24) is 15.6 Å². The third-order valence-corrected chi connectivity index (χ3v) is 4.59. The molecule has 1 fully saturated rings. The summed E-state index contributed by atoms with van der Waals surface area (Å²) in [6.45, 7) is 2.49. The number of guanidine groups is 1. The summed E-state index contributed by atoms with van der Waals surface area (Å²) in [6.07, 6.45) is 1.05. The average Bonchev–Trinajstić information content (AvgIpc) is 3.14. The summed E-state index contributed by atoms with van der Waals surface area (Å²) in [5.74, 6) is 1.38. The Labute approximate surface area is 159 Å². The summed E-state index contributed by atoms with van der Waals surface area (Å²) >= 11 is 6.10. The maximum Gasteiger partial charge on any atom is 0.213 e. The average molecular weight is 374 g/mol. The SMILES string of the molecule is CN=C(NCc1cccc(OC)n1)NC1CCN(c2cccc(Cl)c2)C1. The van der Waals surface area contributed by atoms with E-state index in [2.05, 4.69) is 31.6 Å². The Hall–Kier alpha value is -2.47. The van der Waals surface area contributed by atoms with Crippen LogP contribution in [0.4, 0.5) is 5.69 Å². The number of rotatable bonds is 5. The van der Waals surface area contributed by atoms with E-state index in [0.29, 0.717) is 18.5 Å². The van der Waals surface area contributed by atoms with Gasteiger partial charge in [-0.25, -0.2) is 4.98 Å². The van der Waals surface area contributed by atoms with Crippen LogP contribution in [0.5, 0.6) is 5.88 Å². The maximum absolute atomic E-state index is 6.10. The number of aliphatic imine (C=N–C) groups is 1. The zero-order valence-corrected chi connectivity index (χ0v) is 15.8. The lowest BCUT2D eigenvalue weighted by atomic mass is 10.2. The van der Waals surface area contributed by atoms with E-state index in [1.807, 2.05) is 36.4 Å². The topological polar surface area (TPSA) is 61.8 Å². The lowest BCUT2D eigenvalue weighted by Gasteiger charge is -2.20. The third-order valence-electron chi connectivity index (χ3n) is 4.35. The fraction of sp³-hybridized carbons (Fsp3) is 0.368. The van der Waals surface area contributed by atoms with Crippen molar-refractivity contribution >= 4 is 23.2 Å². The molecule has 7 heteroatoms. The molecule has 1 unspecified atom stereocenters. The Balaban J connectivity index is 1.52. The number of aromatic nitrogens is 1. The van der Waals surface area contributed by atoms with Gasteiger partial charge >= 0.3 is 0 Å². The van der Waals surface area contributed by atoms with Crippen LogP contribution in [0.3, 0.4) is 0 Å². The molecule has 0 radical (unpaired) electrons. The molecular weight excluding hydrogens is 350 g/mol. The Bertz CT molecular complexity index is 767. The predicted octanol–water partition coefficient (Wildman–Crippen LogP) is 2.69. The van der Waals surface area contributed by atoms with E-state index in [4.69, 9.17) is 16.3 Å². The fourth-order valence-corrected chi connectivity index (χ4v) is 3.20. The lowest BCUT2D eigenvalue weighted by Crippen LogP contribution is -2.44. The number of ether oxygens (including phenoxy) is 1. The van der Waals surface area contributed by atoms with Crippen LogP contribution in [0, 0.1) is 0 Å². The first-order valence-electron chi connectivity index (χ1n) is 8.65. The molecule has 2 heterocycles. The van der Waals surface area contributed by atoms with Crippen LogP contribution in [0.15, 0.2) is 47.5 Å². The molecule has 1 aromatic carbocycles. The highest BCUT2D eigenvalue weighted by Gasteiger charge is 2.23. The van der Waals surface area contributed by atoms with Gasteiger partial charge in [-0.1, -0.05) is 23.7 Å². The van der Waals surface area contributed by atoms with Crippen LogP contribution in [-0.2, 0) is 6.54 Å². The van der Waals surface area contributed by atoms with Gasteiger partial charge in [0, 0.05) is 43.0 Å². The molecule has 0 spiro atoms. The standard InChI is InChI=1S/C19H24ClN5O/c1-21-19(22-12-15-6-4-8-18(23-15)26-2)24-16-9-10-25(13-16)17-7-3-5-14(20)11-17/h3-8,11,16H,9-10,12-13H2,1-2H3,(H2,21,22,24). The second-order valence-electron chi connectivity index (χ2n) is 6.15. The van der Waals surface area contributed by atoms with Crippen molar-refractivity contribution in [1.29, 1.82) is 0 Å². The summed E-state index contributed by atoms with van der Waals surface area (Å²) in [5.41, 5.74) is 2.06. The number of hydrogen-bond acceptors (Lipinski definition) is 4. The molecule has 1 aliphatic rings. The largest absolute Gasteiger partial charge is 0.481 e. The summed E-state index contributed by atoms with van der Waals surface area (Å²) in [6, 6.07) is 14.0. The van der Waals surface area contributed by atoms with Crippen molar-refractivity contribution in [3.05, 3.63) is 53.2 Å². The molecule has 0 amide bonds. The lowest BCUT2D eigenvalue weighted by molar-refractivity contribution is 0.396. The molecule has 0 aliphatic carbocycles. The Morgan fingerprint density at radius 2 is 2.19 bits per heavy atom. The van der Waals surface area contributed by atoms with Gasteiger partial charge in [-0.05, 0) is 30.7 Å². The Morgan fingerprint density at radius 1 is 1.35 bits per heavy atom. The van der Waals surface area contributed by atoms with Crippen molar-refractivity contribution in [3.63, 3.8) is 0 Å². The molecule has 1 atom stereocenters. The number of hydrogen-bond donors (Lipinski definition) is 2. The van der Waals surface area contributed by atoms with Crippen LogP contribution < -0.4 is 20.3 Å². The number of pyridine rings is 1. The quantitative estimate of drug-likeness (QED) is 0.623. The summed E-state index contributed by atoms with van der Waals surface area (Å²) in [4.78, 5) is 11.1. The van der Waals surface area contributed by atoms with Gasteiger partial charge in [0.25, 0.3) is 0 Å². The highest BCUT2D eigenvalue weighted by Crippen LogP contribution is 2.23. The molecule has 26 heavy (non-hydrogen) atoms. The van der Waals surface area contributed by atoms with E-state index in [9.17, 15) is 0 Å². The summed E-state index contributed by atoms with van der Waals surface area (Å²) in [7, 11) is 3.39. The van der Waals surface area contributed by atoms with E-state index < -0.39 is 0 Å². The van der Waals surface area contributed by atoms with E-state index in [1.54, 1.807) is 14.2 Å². The van der Waals surface area contributed by atoms with Gasteiger partial charge in [0.15, 0.2) is 5.96 Å². The number of anilines is 1. The third kappa shape index (κ3) is 4.79. The number of nitrogens with zero attached hydrogens (tertiary/aromatic N) is 3. The summed E-state index contributed by atoms with van der Waals surface area (Å²) in [5, 5.41) is 7.56. The monoisotopic (exact) mass is 373 g/mol. The Morgan fingerprint density at radius 3 is 2.96 bits per heavy atom. The van der Waals surface area contributed by atoms with Crippen LogP contribution in [0.1, 0.15) is 12.1 Å². The van der Waals surface area contributed by atoms with Gasteiger partial charge in [0.05, 0.1) is 19.3 Å². The van der Waals surface area contributed by atoms with Gasteiger partial charge in [0.2, 0.25) is 5.88 Å². The van der Waals surface area contributed by atoms with E-state index in [-0.39, 0.29) is 0 Å².